The zero-order valence-corrected chi connectivity index (χ0v) is 14.9. The van der Waals surface area contributed by atoms with Gasteiger partial charge in [0.25, 0.3) is 0 Å². The van der Waals surface area contributed by atoms with Crippen LogP contribution < -0.4 is 0 Å². The third-order valence-electron chi connectivity index (χ3n) is 3.34. The van der Waals surface area contributed by atoms with Crippen molar-refractivity contribution in [2.24, 2.45) is 0 Å². The fourth-order valence-electron chi connectivity index (χ4n) is 2.15. The summed E-state index contributed by atoms with van der Waals surface area (Å²) >= 11 is 0. The Hall–Kier alpha value is -2.59. The van der Waals surface area contributed by atoms with Gasteiger partial charge in [-0.25, -0.2) is 4.98 Å². The molecule has 0 saturated carbocycles. The van der Waals surface area contributed by atoms with Crippen molar-refractivity contribution in [2.75, 3.05) is 0 Å². The average molecular weight is 360 g/mol. The zero-order valence-electron chi connectivity index (χ0n) is 13.9. The Morgan fingerprint density at radius 3 is 2.56 bits per heavy atom. The van der Waals surface area contributed by atoms with E-state index in [1.165, 1.54) is 6.07 Å². The molecule has 3 nitrogen and oxygen atoms in total. The highest BCUT2D eigenvalue weighted by molar-refractivity contribution is 6.83. The van der Waals surface area contributed by atoms with Gasteiger partial charge in [0.15, 0.2) is 5.58 Å². The van der Waals surface area contributed by atoms with Crippen LogP contribution >= 0.6 is 0 Å². The lowest BCUT2D eigenvalue weighted by molar-refractivity contribution is -0.137. The van der Waals surface area contributed by atoms with E-state index in [9.17, 15) is 13.2 Å². The van der Waals surface area contributed by atoms with Crippen molar-refractivity contribution in [3.63, 3.8) is 0 Å². The number of aromatic nitrogens is 2. The van der Waals surface area contributed by atoms with Crippen molar-refractivity contribution in [1.29, 1.82) is 0 Å². The van der Waals surface area contributed by atoms with Crippen LogP contribution in [-0.2, 0) is 6.18 Å². The maximum atomic E-state index is 12.8. The summed E-state index contributed by atoms with van der Waals surface area (Å²) in [5.41, 5.74) is 4.20. The molecule has 0 amide bonds. The summed E-state index contributed by atoms with van der Waals surface area (Å²) in [6, 6.07) is 4.94. The smallest absolute Gasteiger partial charge is 0.416 e. The minimum atomic E-state index is -4.42. The Morgan fingerprint density at radius 2 is 1.88 bits per heavy atom. The first-order chi connectivity index (χ1) is 11.6. The number of oxazole rings is 1. The molecule has 3 aromatic rings. The Morgan fingerprint density at radius 1 is 1.12 bits per heavy atom. The predicted octanol–water partition coefficient (Wildman–Crippen LogP) is 5.14. The second-order valence-corrected chi connectivity index (χ2v) is 11.4. The molecule has 0 aliphatic carbocycles. The second-order valence-electron chi connectivity index (χ2n) is 6.62. The molecule has 3 rings (SSSR count). The van der Waals surface area contributed by atoms with Crippen LogP contribution in [0.2, 0.25) is 19.6 Å². The fraction of sp³-hybridized carbons (Fsp3) is 0.222. The van der Waals surface area contributed by atoms with Gasteiger partial charge < -0.3 is 4.42 Å². The van der Waals surface area contributed by atoms with E-state index in [-0.39, 0.29) is 11.4 Å². The summed E-state index contributed by atoms with van der Waals surface area (Å²) in [7, 11) is -1.59. The molecule has 0 bridgehead atoms. The van der Waals surface area contributed by atoms with Gasteiger partial charge in [-0.15, -0.1) is 5.54 Å². The van der Waals surface area contributed by atoms with E-state index >= 15 is 0 Å². The summed E-state index contributed by atoms with van der Waals surface area (Å²) in [5.74, 6) is 3.33. The number of hydrogen-bond donors (Lipinski definition) is 0. The lowest BCUT2D eigenvalue weighted by atomic mass is 10.1. The SMILES string of the molecule is C[Si](C)(C)C#Cc1cnccc1-c1nc2cc(C(F)(F)F)ccc2o1. The lowest BCUT2D eigenvalue weighted by Crippen LogP contribution is -2.16. The van der Waals surface area contributed by atoms with E-state index in [1.807, 2.05) is 0 Å². The van der Waals surface area contributed by atoms with Crippen molar-refractivity contribution in [1.82, 2.24) is 9.97 Å². The van der Waals surface area contributed by atoms with Gasteiger partial charge in [0.05, 0.1) is 16.7 Å². The molecule has 0 N–H and O–H groups in total. The Balaban J connectivity index is 2.10. The monoisotopic (exact) mass is 360 g/mol. The maximum Gasteiger partial charge on any atom is 0.416 e. The molecular weight excluding hydrogens is 345 g/mol. The molecule has 0 saturated heterocycles. The van der Waals surface area contributed by atoms with E-state index < -0.39 is 19.8 Å². The normalized spacial score (nSPS) is 12.1. The number of halogens is 3. The number of benzene rings is 1. The van der Waals surface area contributed by atoms with Gasteiger partial charge >= 0.3 is 6.18 Å². The van der Waals surface area contributed by atoms with Gasteiger partial charge in [0.2, 0.25) is 5.89 Å². The van der Waals surface area contributed by atoms with E-state index in [4.69, 9.17) is 4.42 Å². The van der Waals surface area contributed by atoms with Crippen molar-refractivity contribution >= 4 is 19.2 Å². The van der Waals surface area contributed by atoms with E-state index in [1.54, 1.807) is 18.5 Å². The summed E-state index contributed by atoms with van der Waals surface area (Å²) in [6.45, 7) is 6.36. The van der Waals surface area contributed by atoms with Crippen LogP contribution in [0.1, 0.15) is 11.1 Å². The molecule has 2 aromatic heterocycles. The van der Waals surface area contributed by atoms with Crippen molar-refractivity contribution < 1.29 is 17.6 Å². The van der Waals surface area contributed by atoms with E-state index in [0.29, 0.717) is 16.7 Å². The molecular formula is C18H15F3N2OSi. The first-order valence-electron chi connectivity index (χ1n) is 7.59. The maximum absolute atomic E-state index is 12.8. The van der Waals surface area contributed by atoms with Crippen molar-refractivity contribution in [2.45, 2.75) is 25.8 Å². The standard InChI is InChI=1S/C18H15F3N2OSi/c1-25(2,3)9-7-12-11-22-8-6-14(12)17-23-15-10-13(18(19,20)21)4-5-16(15)24-17/h4-6,8,10-11H,1-3H3. The first-order valence-corrected chi connectivity index (χ1v) is 11.1. The van der Waals surface area contributed by atoms with Crippen LogP contribution in [0.15, 0.2) is 41.1 Å². The quantitative estimate of drug-likeness (QED) is 0.446. The number of alkyl halides is 3. The molecule has 0 atom stereocenters. The number of nitrogens with zero attached hydrogens (tertiary/aromatic N) is 2. The molecule has 0 radical (unpaired) electrons. The van der Waals surface area contributed by atoms with Crippen molar-refractivity contribution in [3.8, 4) is 22.9 Å². The summed E-state index contributed by atoms with van der Waals surface area (Å²) in [4.78, 5) is 8.28. The number of rotatable bonds is 1. The molecule has 1 aromatic carbocycles. The van der Waals surface area contributed by atoms with Gasteiger partial charge in [0, 0.05) is 12.4 Å². The van der Waals surface area contributed by atoms with Gasteiger partial charge in [-0.3, -0.25) is 4.98 Å². The van der Waals surface area contributed by atoms with E-state index in [2.05, 4.69) is 41.1 Å². The molecule has 7 heteroatoms. The van der Waals surface area contributed by atoms with Gasteiger partial charge in [-0.2, -0.15) is 13.2 Å². The van der Waals surface area contributed by atoms with Gasteiger partial charge in [0.1, 0.15) is 13.6 Å². The third kappa shape index (κ3) is 3.91. The number of pyridine rings is 1. The van der Waals surface area contributed by atoms with Crippen LogP contribution in [0.3, 0.4) is 0 Å². The van der Waals surface area contributed by atoms with Crippen LogP contribution in [0, 0.1) is 11.5 Å². The highest BCUT2D eigenvalue weighted by Crippen LogP contribution is 2.33. The molecule has 0 unspecified atom stereocenters. The largest absolute Gasteiger partial charge is 0.436 e. The Kier molecular flexibility index (Phi) is 4.17. The predicted molar refractivity (Wildman–Crippen MR) is 92.5 cm³/mol. The summed E-state index contributed by atoms with van der Waals surface area (Å²) in [5, 5.41) is 0. The lowest BCUT2D eigenvalue weighted by Gasteiger charge is -2.04. The van der Waals surface area contributed by atoms with Crippen LogP contribution in [0.5, 0.6) is 0 Å². The van der Waals surface area contributed by atoms with Crippen molar-refractivity contribution in [3.05, 3.63) is 47.8 Å². The van der Waals surface area contributed by atoms with Gasteiger partial charge in [-0.1, -0.05) is 25.6 Å². The van der Waals surface area contributed by atoms with E-state index in [0.717, 1.165) is 12.1 Å². The molecule has 25 heavy (non-hydrogen) atoms. The molecule has 128 valence electrons. The third-order valence-corrected chi connectivity index (χ3v) is 4.21. The molecule has 0 spiro atoms. The Labute approximate surface area is 143 Å². The Bertz CT molecular complexity index is 991. The minimum absolute atomic E-state index is 0.158. The summed E-state index contributed by atoms with van der Waals surface area (Å²) < 4.78 is 44.2. The number of fused-ring (bicyclic) bond motifs is 1. The minimum Gasteiger partial charge on any atom is -0.436 e. The number of hydrogen-bond acceptors (Lipinski definition) is 3. The molecule has 2 heterocycles. The molecule has 0 fully saturated rings. The molecule has 0 aliphatic heterocycles. The highest BCUT2D eigenvalue weighted by atomic mass is 28.3. The zero-order chi connectivity index (χ0) is 18.2. The molecule has 0 aliphatic rings. The fourth-order valence-corrected chi connectivity index (χ4v) is 2.66. The second kappa shape index (κ2) is 6.04. The average Bonchev–Trinajstić information content (AvgIpc) is 2.94. The van der Waals surface area contributed by atoms with Crippen LogP contribution in [-0.4, -0.2) is 18.0 Å². The van der Waals surface area contributed by atoms with Crippen LogP contribution in [0.4, 0.5) is 13.2 Å². The summed E-state index contributed by atoms with van der Waals surface area (Å²) in [6.07, 6.45) is -1.23. The van der Waals surface area contributed by atoms with Crippen LogP contribution in [0.25, 0.3) is 22.6 Å². The van der Waals surface area contributed by atoms with Gasteiger partial charge in [-0.05, 0) is 24.3 Å². The first kappa shape index (κ1) is 17.2. The topological polar surface area (TPSA) is 38.9 Å². The highest BCUT2D eigenvalue weighted by Gasteiger charge is 2.31.